The van der Waals surface area contributed by atoms with Crippen molar-refractivity contribution in [1.82, 2.24) is 0 Å². The maximum Gasteiger partial charge on any atom is 0.338 e. The van der Waals surface area contributed by atoms with E-state index in [1.807, 2.05) is 26.0 Å². The first-order valence-corrected chi connectivity index (χ1v) is 6.95. The third kappa shape index (κ3) is 3.98. The van der Waals surface area contributed by atoms with E-state index in [0.29, 0.717) is 24.7 Å². The molecule has 0 saturated carbocycles. The minimum absolute atomic E-state index is 0.260. The molecule has 0 fully saturated rings. The second-order valence-corrected chi connectivity index (χ2v) is 4.93. The van der Waals surface area contributed by atoms with Crippen LogP contribution in [0, 0.1) is 6.92 Å². The maximum atomic E-state index is 11.9. The Labute approximate surface area is 115 Å². The molecule has 0 heterocycles. The van der Waals surface area contributed by atoms with Gasteiger partial charge in [-0.25, -0.2) is 4.79 Å². The SMILES string of the molecule is CCCOc1cc(C)c(C(=O)OCC)cc1C(C)C. The van der Waals surface area contributed by atoms with Gasteiger partial charge in [0.05, 0.1) is 18.8 Å². The van der Waals surface area contributed by atoms with Gasteiger partial charge in [-0.3, -0.25) is 0 Å². The van der Waals surface area contributed by atoms with Gasteiger partial charge in [-0.2, -0.15) is 0 Å². The standard InChI is InChI=1S/C16H24O3/c1-6-8-19-15-9-12(5)14(16(17)18-7-2)10-13(15)11(3)4/h9-11H,6-8H2,1-5H3. The first-order chi connectivity index (χ1) is 9.01. The smallest absolute Gasteiger partial charge is 0.338 e. The van der Waals surface area contributed by atoms with Crippen molar-refractivity contribution in [3.63, 3.8) is 0 Å². The molecule has 106 valence electrons. The third-order valence-corrected chi connectivity index (χ3v) is 2.94. The highest BCUT2D eigenvalue weighted by Crippen LogP contribution is 2.30. The number of hydrogen-bond acceptors (Lipinski definition) is 3. The first kappa shape index (κ1) is 15.5. The van der Waals surface area contributed by atoms with Gasteiger partial charge in [-0.1, -0.05) is 20.8 Å². The van der Waals surface area contributed by atoms with Crippen LogP contribution in [0.3, 0.4) is 0 Å². The molecule has 0 bridgehead atoms. The summed E-state index contributed by atoms with van der Waals surface area (Å²) in [7, 11) is 0. The molecular weight excluding hydrogens is 240 g/mol. The molecule has 0 atom stereocenters. The normalized spacial score (nSPS) is 10.6. The van der Waals surface area contributed by atoms with Crippen molar-refractivity contribution >= 4 is 5.97 Å². The van der Waals surface area contributed by atoms with Crippen LogP contribution in [0.1, 0.15) is 61.5 Å². The van der Waals surface area contributed by atoms with Crippen LogP contribution in [-0.2, 0) is 4.74 Å². The lowest BCUT2D eigenvalue weighted by Gasteiger charge is -2.17. The summed E-state index contributed by atoms with van der Waals surface area (Å²) in [5.74, 6) is 0.923. The molecule has 0 spiro atoms. The van der Waals surface area contributed by atoms with Crippen LogP contribution >= 0.6 is 0 Å². The van der Waals surface area contributed by atoms with Gasteiger partial charge in [0, 0.05) is 0 Å². The molecule has 0 aliphatic heterocycles. The molecule has 1 aromatic rings. The average Bonchev–Trinajstić information content (AvgIpc) is 2.36. The Morgan fingerprint density at radius 3 is 2.47 bits per heavy atom. The highest BCUT2D eigenvalue weighted by atomic mass is 16.5. The molecular formula is C16H24O3. The molecule has 0 saturated heterocycles. The van der Waals surface area contributed by atoms with Crippen LogP contribution in [0.25, 0.3) is 0 Å². The van der Waals surface area contributed by atoms with Crippen molar-refractivity contribution in [2.24, 2.45) is 0 Å². The Kier molecular flexibility index (Phi) is 5.87. The van der Waals surface area contributed by atoms with Crippen LogP contribution in [0.5, 0.6) is 5.75 Å². The minimum Gasteiger partial charge on any atom is -0.493 e. The molecule has 0 unspecified atom stereocenters. The van der Waals surface area contributed by atoms with Crippen LogP contribution in [0.4, 0.5) is 0 Å². The maximum absolute atomic E-state index is 11.9. The van der Waals surface area contributed by atoms with Crippen molar-refractivity contribution < 1.29 is 14.3 Å². The van der Waals surface area contributed by atoms with Crippen molar-refractivity contribution in [3.05, 3.63) is 28.8 Å². The number of benzene rings is 1. The van der Waals surface area contributed by atoms with Crippen LogP contribution in [-0.4, -0.2) is 19.2 Å². The highest BCUT2D eigenvalue weighted by molar-refractivity contribution is 5.91. The van der Waals surface area contributed by atoms with E-state index in [0.717, 1.165) is 23.3 Å². The lowest BCUT2D eigenvalue weighted by molar-refractivity contribution is 0.0525. The van der Waals surface area contributed by atoms with Gasteiger partial charge in [0.2, 0.25) is 0 Å². The molecule has 0 aromatic heterocycles. The summed E-state index contributed by atoms with van der Waals surface area (Å²) in [4.78, 5) is 11.9. The predicted molar refractivity (Wildman–Crippen MR) is 77.0 cm³/mol. The third-order valence-electron chi connectivity index (χ3n) is 2.94. The monoisotopic (exact) mass is 264 g/mol. The van der Waals surface area contributed by atoms with Gasteiger partial charge < -0.3 is 9.47 Å². The number of carbonyl (C=O) groups is 1. The van der Waals surface area contributed by atoms with Crippen LogP contribution < -0.4 is 4.74 Å². The Bertz CT molecular complexity index is 436. The van der Waals surface area contributed by atoms with E-state index in [1.165, 1.54) is 0 Å². The van der Waals surface area contributed by atoms with Crippen molar-refractivity contribution in [2.75, 3.05) is 13.2 Å². The lowest BCUT2D eigenvalue weighted by Crippen LogP contribution is -2.09. The molecule has 0 N–H and O–H groups in total. The number of ether oxygens (including phenoxy) is 2. The Balaban J connectivity index is 3.16. The van der Waals surface area contributed by atoms with Gasteiger partial charge in [-0.15, -0.1) is 0 Å². The molecule has 1 aromatic carbocycles. The van der Waals surface area contributed by atoms with Gasteiger partial charge in [0.1, 0.15) is 5.75 Å². The van der Waals surface area contributed by atoms with E-state index >= 15 is 0 Å². The van der Waals surface area contributed by atoms with E-state index in [4.69, 9.17) is 9.47 Å². The van der Waals surface area contributed by atoms with Gasteiger partial charge in [-0.05, 0) is 49.4 Å². The summed E-state index contributed by atoms with van der Waals surface area (Å²) < 4.78 is 10.9. The molecule has 0 radical (unpaired) electrons. The molecule has 3 nitrogen and oxygen atoms in total. The summed E-state index contributed by atoms with van der Waals surface area (Å²) in [6.07, 6.45) is 0.968. The minimum atomic E-state index is -0.260. The zero-order valence-corrected chi connectivity index (χ0v) is 12.6. The molecule has 0 aliphatic carbocycles. The van der Waals surface area contributed by atoms with Gasteiger partial charge in [0.25, 0.3) is 0 Å². The van der Waals surface area contributed by atoms with Crippen molar-refractivity contribution in [2.45, 2.75) is 47.0 Å². The second-order valence-electron chi connectivity index (χ2n) is 4.93. The quantitative estimate of drug-likeness (QED) is 0.726. The summed E-state index contributed by atoms with van der Waals surface area (Å²) >= 11 is 0. The Hall–Kier alpha value is -1.51. The number of rotatable bonds is 6. The zero-order valence-electron chi connectivity index (χ0n) is 12.6. The molecule has 1 rings (SSSR count). The zero-order chi connectivity index (χ0) is 14.4. The summed E-state index contributed by atoms with van der Waals surface area (Å²) in [5, 5.41) is 0. The van der Waals surface area contributed by atoms with Crippen molar-refractivity contribution in [1.29, 1.82) is 0 Å². The van der Waals surface area contributed by atoms with E-state index in [1.54, 1.807) is 0 Å². The molecule has 19 heavy (non-hydrogen) atoms. The molecule has 3 heteroatoms. The molecule has 0 amide bonds. The van der Waals surface area contributed by atoms with E-state index in [2.05, 4.69) is 20.8 Å². The van der Waals surface area contributed by atoms with E-state index in [9.17, 15) is 4.79 Å². The topological polar surface area (TPSA) is 35.5 Å². The number of aryl methyl sites for hydroxylation is 1. The fourth-order valence-electron chi connectivity index (χ4n) is 1.92. The number of esters is 1. The van der Waals surface area contributed by atoms with Crippen LogP contribution in [0.2, 0.25) is 0 Å². The van der Waals surface area contributed by atoms with E-state index < -0.39 is 0 Å². The Morgan fingerprint density at radius 2 is 1.95 bits per heavy atom. The van der Waals surface area contributed by atoms with Crippen molar-refractivity contribution in [3.8, 4) is 5.75 Å². The summed E-state index contributed by atoms with van der Waals surface area (Å²) in [6, 6.07) is 3.85. The van der Waals surface area contributed by atoms with E-state index in [-0.39, 0.29) is 5.97 Å². The molecule has 0 aliphatic rings. The summed E-state index contributed by atoms with van der Waals surface area (Å²) in [5.41, 5.74) is 2.59. The van der Waals surface area contributed by atoms with Gasteiger partial charge in [0.15, 0.2) is 0 Å². The average molecular weight is 264 g/mol. The summed E-state index contributed by atoms with van der Waals surface area (Å²) in [6.45, 7) is 11.1. The largest absolute Gasteiger partial charge is 0.493 e. The first-order valence-electron chi connectivity index (χ1n) is 6.95. The Morgan fingerprint density at radius 1 is 1.26 bits per heavy atom. The highest BCUT2D eigenvalue weighted by Gasteiger charge is 2.16. The number of hydrogen-bond donors (Lipinski definition) is 0. The lowest BCUT2D eigenvalue weighted by atomic mass is 9.96. The fourth-order valence-corrected chi connectivity index (χ4v) is 1.92. The predicted octanol–water partition coefficient (Wildman–Crippen LogP) is 4.08. The second kappa shape index (κ2) is 7.17. The number of carbonyl (C=O) groups excluding carboxylic acids is 1. The fraction of sp³-hybridized carbons (Fsp3) is 0.562. The van der Waals surface area contributed by atoms with Crippen LogP contribution in [0.15, 0.2) is 12.1 Å². The van der Waals surface area contributed by atoms with Gasteiger partial charge >= 0.3 is 5.97 Å².